The molecular weight excluding hydrogens is 286 g/mol. The number of benzene rings is 1. The van der Waals surface area contributed by atoms with E-state index in [1.807, 2.05) is 0 Å². The standard InChI is InChI=1S/C15H25N3O2S/c1-13(11-18-8-2-3-9-18)10-17-21(19,20)12-14-4-6-15(16)7-5-14/h4-7,13,17H,2-3,8-12,16H2,1H3. The number of nitrogens with zero attached hydrogens (tertiary/aromatic N) is 1. The van der Waals surface area contributed by atoms with Crippen molar-refractivity contribution in [3.8, 4) is 0 Å². The number of rotatable bonds is 7. The minimum atomic E-state index is -3.29. The van der Waals surface area contributed by atoms with Gasteiger partial charge in [-0.3, -0.25) is 0 Å². The Morgan fingerprint density at radius 2 is 1.86 bits per heavy atom. The highest BCUT2D eigenvalue weighted by molar-refractivity contribution is 7.88. The van der Waals surface area contributed by atoms with E-state index in [9.17, 15) is 8.42 Å². The summed E-state index contributed by atoms with van der Waals surface area (Å²) < 4.78 is 26.9. The molecule has 0 aromatic heterocycles. The first-order valence-electron chi connectivity index (χ1n) is 7.49. The van der Waals surface area contributed by atoms with E-state index < -0.39 is 10.0 Å². The van der Waals surface area contributed by atoms with Crippen molar-refractivity contribution < 1.29 is 8.42 Å². The Bertz CT molecular complexity index is 537. The summed E-state index contributed by atoms with van der Waals surface area (Å²) in [6.45, 7) is 5.83. The van der Waals surface area contributed by atoms with E-state index in [1.54, 1.807) is 24.3 Å². The Hall–Kier alpha value is -1.11. The molecule has 1 saturated heterocycles. The van der Waals surface area contributed by atoms with Gasteiger partial charge in [0.25, 0.3) is 0 Å². The van der Waals surface area contributed by atoms with Crippen LogP contribution in [0.5, 0.6) is 0 Å². The average Bonchev–Trinajstić information content (AvgIpc) is 2.92. The number of nitrogens with two attached hydrogens (primary N) is 1. The zero-order valence-electron chi connectivity index (χ0n) is 12.6. The smallest absolute Gasteiger partial charge is 0.215 e. The Kier molecular flexibility index (Phi) is 5.61. The van der Waals surface area contributed by atoms with Gasteiger partial charge in [0.2, 0.25) is 10.0 Å². The molecule has 0 saturated carbocycles. The molecule has 6 heteroatoms. The van der Waals surface area contributed by atoms with Gasteiger partial charge in [0.05, 0.1) is 5.75 Å². The first-order chi connectivity index (χ1) is 9.94. The Balaban J connectivity index is 1.78. The third kappa shape index (κ3) is 5.65. The van der Waals surface area contributed by atoms with Gasteiger partial charge in [-0.2, -0.15) is 0 Å². The van der Waals surface area contributed by atoms with Gasteiger partial charge in [0.1, 0.15) is 0 Å². The summed E-state index contributed by atoms with van der Waals surface area (Å²) >= 11 is 0. The Labute approximate surface area is 127 Å². The molecule has 0 aliphatic carbocycles. The molecule has 0 bridgehead atoms. The topological polar surface area (TPSA) is 75.4 Å². The normalized spacial score (nSPS) is 18.0. The van der Waals surface area contributed by atoms with E-state index in [2.05, 4.69) is 16.5 Å². The minimum Gasteiger partial charge on any atom is -0.399 e. The second-order valence-corrected chi connectivity index (χ2v) is 7.77. The molecule has 1 unspecified atom stereocenters. The lowest BCUT2D eigenvalue weighted by Gasteiger charge is -2.20. The van der Waals surface area contributed by atoms with E-state index in [0.29, 0.717) is 18.2 Å². The van der Waals surface area contributed by atoms with Gasteiger partial charge in [-0.1, -0.05) is 19.1 Å². The molecular formula is C15H25N3O2S. The molecule has 1 aromatic carbocycles. The number of likely N-dealkylation sites (tertiary alicyclic amines) is 1. The van der Waals surface area contributed by atoms with Crippen LogP contribution in [-0.2, 0) is 15.8 Å². The van der Waals surface area contributed by atoms with E-state index in [-0.39, 0.29) is 5.75 Å². The predicted octanol–water partition coefficient (Wildman–Crippen LogP) is 1.42. The van der Waals surface area contributed by atoms with Crippen LogP contribution >= 0.6 is 0 Å². The average molecular weight is 311 g/mol. The fourth-order valence-corrected chi connectivity index (χ4v) is 3.90. The lowest BCUT2D eigenvalue weighted by Crippen LogP contribution is -2.35. The van der Waals surface area contributed by atoms with Crippen LogP contribution in [0.1, 0.15) is 25.3 Å². The fraction of sp³-hybridized carbons (Fsp3) is 0.600. The van der Waals surface area contributed by atoms with Crippen LogP contribution in [0.3, 0.4) is 0 Å². The van der Waals surface area contributed by atoms with Crippen molar-refractivity contribution in [2.45, 2.75) is 25.5 Å². The van der Waals surface area contributed by atoms with Crippen molar-refractivity contribution >= 4 is 15.7 Å². The second kappa shape index (κ2) is 7.24. The summed E-state index contributed by atoms with van der Waals surface area (Å²) in [4.78, 5) is 2.40. The third-order valence-corrected chi connectivity index (χ3v) is 5.08. The Morgan fingerprint density at radius 1 is 1.24 bits per heavy atom. The minimum absolute atomic E-state index is 0.00368. The van der Waals surface area contributed by atoms with E-state index in [1.165, 1.54) is 12.8 Å². The van der Waals surface area contributed by atoms with E-state index >= 15 is 0 Å². The summed E-state index contributed by atoms with van der Waals surface area (Å²) in [5.41, 5.74) is 6.99. The summed E-state index contributed by atoms with van der Waals surface area (Å²) in [5, 5.41) is 0. The molecule has 1 aromatic rings. The summed E-state index contributed by atoms with van der Waals surface area (Å²) in [7, 11) is -3.29. The van der Waals surface area contributed by atoms with Crippen molar-refractivity contribution in [2.24, 2.45) is 5.92 Å². The van der Waals surface area contributed by atoms with Crippen LogP contribution in [0.4, 0.5) is 5.69 Å². The molecule has 118 valence electrons. The maximum Gasteiger partial charge on any atom is 0.215 e. The molecule has 0 spiro atoms. The van der Waals surface area contributed by atoms with Gasteiger partial charge < -0.3 is 10.6 Å². The number of hydrogen-bond acceptors (Lipinski definition) is 4. The summed E-state index contributed by atoms with van der Waals surface area (Å²) in [6, 6.07) is 6.95. The maximum absolute atomic E-state index is 12.1. The van der Waals surface area contributed by atoms with Crippen molar-refractivity contribution in [1.29, 1.82) is 0 Å². The first kappa shape index (κ1) is 16.3. The number of anilines is 1. The van der Waals surface area contributed by atoms with Gasteiger partial charge in [0.15, 0.2) is 0 Å². The monoisotopic (exact) mass is 311 g/mol. The van der Waals surface area contributed by atoms with Gasteiger partial charge in [-0.05, 0) is 49.5 Å². The van der Waals surface area contributed by atoms with Gasteiger partial charge in [0, 0.05) is 18.8 Å². The second-order valence-electron chi connectivity index (χ2n) is 5.96. The molecule has 2 rings (SSSR count). The molecule has 0 radical (unpaired) electrons. The molecule has 1 aliphatic rings. The highest BCUT2D eigenvalue weighted by Gasteiger charge is 2.17. The molecule has 1 aliphatic heterocycles. The largest absolute Gasteiger partial charge is 0.399 e. The molecule has 3 N–H and O–H groups in total. The van der Waals surface area contributed by atoms with Crippen LogP contribution in [-0.4, -0.2) is 39.5 Å². The van der Waals surface area contributed by atoms with Crippen LogP contribution in [0, 0.1) is 5.92 Å². The lowest BCUT2D eigenvalue weighted by atomic mass is 10.2. The third-order valence-electron chi connectivity index (χ3n) is 3.76. The van der Waals surface area contributed by atoms with Crippen LogP contribution < -0.4 is 10.5 Å². The quantitative estimate of drug-likeness (QED) is 0.747. The van der Waals surface area contributed by atoms with E-state index in [4.69, 9.17) is 5.73 Å². The van der Waals surface area contributed by atoms with Crippen LogP contribution in [0.15, 0.2) is 24.3 Å². The van der Waals surface area contributed by atoms with Crippen LogP contribution in [0.25, 0.3) is 0 Å². The number of nitrogen functional groups attached to an aromatic ring is 1. The Morgan fingerprint density at radius 3 is 2.48 bits per heavy atom. The van der Waals surface area contributed by atoms with E-state index in [0.717, 1.165) is 25.2 Å². The van der Waals surface area contributed by atoms with Crippen molar-refractivity contribution in [2.75, 3.05) is 31.9 Å². The number of nitrogens with one attached hydrogen (secondary N) is 1. The SMILES string of the molecule is CC(CNS(=O)(=O)Cc1ccc(N)cc1)CN1CCCC1. The molecule has 5 nitrogen and oxygen atoms in total. The zero-order chi connectivity index (χ0) is 15.3. The fourth-order valence-electron chi connectivity index (χ4n) is 2.62. The van der Waals surface area contributed by atoms with Gasteiger partial charge in [-0.15, -0.1) is 0 Å². The van der Waals surface area contributed by atoms with Crippen LogP contribution in [0.2, 0.25) is 0 Å². The maximum atomic E-state index is 12.1. The van der Waals surface area contributed by atoms with Gasteiger partial charge >= 0.3 is 0 Å². The predicted molar refractivity (Wildman–Crippen MR) is 86.3 cm³/mol. The number of sulfonamides is 1. The lowest BCUT2D eigenvalue weighted by molar-refractivity contribution is 0.288. The highest BCUT2D eigenvalue weighted by Crippen LogP contribution is 2.11. The van der Waals surface area contributed by atoms with Crippen molar-refractivity contribution in [1.82, 2.24) is 9.62 Å². The molecule has 1 heterocycles. The summed E-state index contributed by atoms with van der Waals surface area (Å²) in [6.07, 6.45) is 2.52. The van der Waals surface area contributed by atoms with Gasteiger partial charge in [-0.25, -0.2) is 13.1 Å². The number of hydrogen-bond donors (Lipinski definition) is 2. The summed E-state index contributed by atoms with van der Waals surface area (Å²) in [5.74, 6) is 0.327. The molecule has 1 atom stereocenters. The highest BCUT2D eigenvalue weighted by atomic mass is 32.2. The zero-order valence-corrected chi connectivity index (χ0v) is 13.4. The molecule has 21 heavy (non-hydrogen) atoms. The molecule has 0 amide bonds. The van der Waals surface area contributed by atoms with Crippen molar-refractivity contribution in [3.63, 3.8) is 0 Å². The first-order valence-corrected chi connectivity index (χ1v) is 9.14. The molecule has 1 fully saturated rings. The van der Waals surface area contributed by atoms with Crippen molar-refractivity contribution in [3.05, 3.63) is 29.8 Å².